The molecule has 116 valence electrons. The zero-order chi connectivity index (χ0) is 15.9. The second-order valence-electron chi connectivity index (χ2n) is 4.80. The lowest BCUT2D eigenvalue weighted by molar-refractivity contribution is -0.122. The van der Waals surface area contributed by atoms with Gasteiger partial charge in [-0.25, -0.2) is 0 Å². The topological polar surface area (TPSA) is 84.0 Å². The van der Waals surface area contributed by atoms with Crippen LogP contribution in [0.1, 0.15) is 34.8 Å². The molecule has 0 saturated heterocycles. The van der Waals surface area contributed by atoms with E-state index < -0.39 is 6.04 Å². The molecule has 0 bridgehead atoms. The minimum Gasteiger partial charge on any atom is -0.350 e. The normalized spacial score (nSPS) is 11.7. The maximum absolute atomic E-state index is 12.1. The molecule has 6 nitrogen and oxygen atoms in total. The van der Waals surface area contributed by atoms with Crippen LogP contribution in [-0.4, -0.2) is 27.4 Å². The van der Waals surface area contributed by atoms with E-state index >= 15 is 0 Å². The van der Waals surface area contributed by atoms with Gasteiger partial charge in [0.1, 0.15) is 10.9 Å². The van der Waals surface area contributed by atoms with Gasteiger partial charge in [0.15, 0.2) is 0 Å². The molecule has 0 radical (unpaired) electrons. The van der Waals surface area contributed by atoms with Crippen LogP contribution in [0.5, 0.6) is 0 Å². The Morgan fingerprint density at radius 2 is 2.00 bits per heavy atom. The van der Waals surface area contributed by atoms with Crippen LogP contribution in [-0.2, 0) is 17.8 Å². The van der Waals surface area contributed by atoms with Crippen LogP contribution in [0.4, 0.5) is 0 Å². The highest BCUT2D eigenvalue weighted by atomic mass is 32.1. The highest BCUT2D eigenvalue weighted by Crippen LogP contribution is 2.11. The predicted molar refractivity (Wildman–Crippen MR) is 84.5 cm³/mol. The first-order valence-corrected chi connectivity index (χ1v) is 7.83. The van der Waals surface area contributed by atoms with Crippen molar-refractivity contribution in [2.75, 3.05) is 0 Å². The molecule has 0 spiro atoms. The highest BCUT2D eigenvalue weighted by molar-refractivity contribution is 7.08. The maximum atomic E-state index is 12.1. The van der Waals surface area contributed by atoms with E-state index in [2.05, 4.69) is 20.2 Å². The van der Waals surface area contributed by atoms with Crippen molar-refractivity contribution in [1.82, 2.24) is 20.2 Å². The molecule has 0 aliphatic carbocycles. The number of hydrogen-bond acceptors (Lipinski definition) is 5. The van der Waals surface area contributed by atoms with E-state index in [1.54, 1.807) is 6.92 Å². The summed E-state index contributed by atoms with van der Waals surface area (Å²) < 4.78 is 3.77. The Morgan fingerprint density at radius 1 is 1.27 bits per heavy atom. The van der Waals surface area contributed by atoms with Gasteiger partial charge in [-0.05, 0) is 30.4 Å². The molecule has 0 aliphatic heterocycles. The smallest absolute Gasteiger partial charge is 0.265 e. The predicted octanol–water partition coefficient (Wildman–Crippen LogP) is 1.54. The van der Waals surface area contributed by atoms with Crippen molar-refractivity contribution in [1.29, 1.82) is 0 Å². The summed E-state index contributed by atoms with van der Waals surface area (Å²) in [7, 11) is 0. The molecule has 0 unspecified atom stereocenters. The van der Waals surface area contributed by atoms with Gasteiger partial charge in [-0.3, -0.25) is 9.59 Å². The number of rotatable bonds is 6. The van der Waals surface area contributed by atoms with Gasteiger partial charge in [0.05, 0.1) is 5.69 Å². The fourth-order valence-electron chi connectivity index (χ4n) is 1.88. The first-order valence-electron chi connectivity index (χ1n) is 7.05. The minimum absolute atomic E-state index is 0.229. The Labute approximate surface area is 133 Å². The van der Waals surface area contributed by atoms with E-state index in [0.29, 0.717) is 23.5 Å². The van der Waals surface area contributed by atoms with Gasteiger partial charge in [0, 0.05) is 6.54 Å². The van der Waals surface area contributed by atoms with Crippen molar-refractivity contribution in [3.05, 3.63) is 46.5 Å². The first kappa shape index (κ1) is 16.1. The van der Waals surface area contributed by atoms with Crippen molar-refractivity contribution in [2.24, 2.45) is 0 Å². The third-order valence-corrected chi connectivity index (χ3v) is 3.91. The molecular formula is C15H18N4O2S. The van der Waals surface area contributed by atoms with Gasteiger partial charge in [0.25, 0.3) is 5.91 Å². The monoisotopic (exact) mass is 318 g/mol. The van der Waals surface area contributed by atoms with Gasteiger partial charge in [-0.2, -0.15) is 0 Å². The van der Waals surface area contributed by atoms with Gasteiger partial charge >= 0.3 is 0 Å². The van der Waals surface area contributed by atoms with Gasteiger partial charge < -0.3 is 10.6 Å². The number of nitrogens with one attached hydrogen (secondary N) is 2. The van der Waals surface area contributed by atoms with E-state index in [-0.39, 0.29) is 11.8 Å². The number of amides is 2. The number of carbonyl (C=O) groups excluding carboxylic acids is 2. The highest BCUT2D eigenvalue weighted by Gasteiger charge is 2.20. The zero-order valence-electron chi connectivity index (χ0n) is 12.5. The molecule has 1 aromatic heterocycles. The van der Waals surface area contributed by atoms with E-state index in [1.807, 2.05) is 37.3 Å². The fraction of sp³-hybridized carbons (Fsp3) is 0.333. The molecule has 7 heteroatoms. The molecule has 0 aliphatic rings. The molecule has 2 N–H and O–H groups in total. The molecule has 1 aromatic carbocycles. The van der Waals surface area contributed by atoms with Crippen LogP contribution >= 0.6 is 11.5 Å². The van der Waals surface area contributed by atoms with E-state index in [1.165, 1.54) is 0 Å². The summed E-state index contributed by atoms with van der Waals surface area (Å²) in [6.07, 6.45) is 0.633. The van der Waals surface area contributed by atoms with Gasteiger partial charge in [0.2, 0.25) is 5.91 Å². The third-order valence-electron chi connectivity index (χ3n) is 3.15. The van der Waals surface area contributed by atoms with E-state index in [9.17, 15) is 9.59 Å². The van der Waals surface area contributed by atoms with Crippen LogP contribution < -0.4 is 10.6 Å². The second kappa shape index (κ2) is 7.65. The van der Waals surface area contributed by atoms with Crippen LogP contribution in [0.25, 0.3) is 0 Å². The molecule has 1 atom stereocenters. The molecule has 0 fully saturated rings. The Hall–Kier alpha value is -2.28. The summed E-state index contributed by atoms with van der Waals surface area (Å²) in [5.41, 5.74) is 1.66. The molecule has 22 heavy (non-hydrogen) atoms. The first-order chi connectivity index (χ1) is 10.6. The van der Waals surface area contributed by atoms with Crippen LogP contribution in [0.2, 0.25) is 0 Å². The number of nitrogens with zero attached hydrogens (tertiary/aromatic N) is 2. The minimum atomic E-state index is -0.622. The lowest BCUT2D eigenvalue weighted by atomic mass is 10.2. The largest absolute Gasteiger partial charge is 0.350 e. The second-order valence-corrected chi connectivity index (χ2v) is 5.55. The van der Waals surface area contributed by atoms with Crippen molar-refractivity contribution >= 4 is 23.3 Å². The zero-order valence-corrected chi connectivity index (χ0v) is 13.3. The SMILES string of the molecule is CCc1nnsc1C(=O)N[C@@H](C)C(=O)NCc1ccccc1. The standard InChI is InChI=1S/C15H18N4O2S/c1-3-12-13(22-19-18-12)15(21)17-10(2)14(20)16-9-11-7-5-4-6-8-11/h4-8,10H,3,9H2,1-2H3,(H,16,20)(H,17,21)/t10-/m0/s1. The van der Waals surface area contributed by atoms with Crippen molar-refractivity contribution in [3.63, 3.8) is 0 Å². The molecule has 0 saturated carbocycles. The molecule has 2 rings (SSSR count). The Bertz CT molecular complexity index is 642. The maximum Gasteiger partial charge on any atom is 0.265 e. The summed E-state index contributed by atoms with van der Waals surface area (Å²) in [5.74, 6) is -0.540. The summed E-state index contributed by atoms with van der Waals surface area (Å²) in [6.45, 7) is 3.99. The molecular weight excluding hydrogens is 300 g/mol. The number of carbonyl (C=O) groups is 2. The number of hydrogen-bond donors (Lipinski definition) is 2. The number of aromatic nitrogens is 2. The quantitative estimate of drug-likeness (QED) is 0.846. The number of aryl methyl sites for hydroxylation is 1. The lowest BCUT2D eigenvalue weighted by Crippen LogP contribution is -2.44. The van der Waals surface area contributed by atoms with Crippen molar-refractivity contribution in [2.45, 2.75) is 32.9 Å². The average molecular weight is 318 g/mol. The molecule has 2 amide bonds. The molecule has 2 aromatic rings. The summed E-state index contributed by atoms with van der Waals surface area (Å²) in [4.78, 5) is 24.6. The average Bonchev–Trinajstić information content (AvgIpc) is 3.02. The van der Waals surface area contributed by atoms with Gasteiger partial charge in [-0.1, -0.05) is 41.7 Å². The number of benzene rings is 1. The summed E-state index contributed by atoms with van der Waals surface area (Å²) in [6, 6.07) is 8.98. The van der Waals surface area contributed by atoms with Gasteiger partial charge in [-0.15, -0.1) is 5.10 Å². The van der Waals surface area contributed by atoms with Crippen LogP contribution in [0.3, 0.4) is 0 Å². The summed E-state index contributed by atoms with van der Waals surface area (Å²) >= 11 is 1.04. The Kier molecular flexibility index (Phi) is 5.60. The summed E-state index contributed by atoms with van der Waals surface area (Å²) in [5, 5.41) is 9.36. The van der Waals surface area contributed by atoms with Crippen LogP contribution in [0, 0.1) is 0 Å². The third kappa shape index (κ3) is 4.11. The lowest BCUT2D eigenvalue weighted by Gasteiger charge is -2.13. The fourth-order valence-corrected chi connectivity index (χ4v) is 2.53. The van der Waals surface area contributed by atoms with Crippen molar-refractivity contribution in [3.8, 4) is 0 Å². The van der Waals surface area contributed by atoms with E-state index in [0.717, 1.165) is 17.1 Å². The van der Waals surface area contributed by atoms with Crippen molar-refractivity contribution < 1.29 is 9.59 Å². The van der Waals surface area contributed by atoms with E-state index in [4.69, 9.17) is 0 Å². The molecule has 1 heterocycles. The Balaban J connectivity index is 1.87. The van der Waals surface area contributed by atoms with Crippen LogP contribution in [0.15, 0.2) is 30.3 Å². The Morgan fingerprint density at radius 3 is 2.68 bits per heavy atom.